The van der Waals surface area contributed by atoms with Gasteiger partial charge in [-0.25, -0.2) is 0 Å². The second-order valence-electron chi connectivity index (χ2n) is 6.03. The molecule has 2 heteroatoms. The summed E-state index contributed by atoms with van der Waals surface area (Å²) in [7, 11) is 0. The predicted octanol–water partition coefficient (Wildman–Crippen LogP) is 4.54. The molecule has 0 amide bonds. The molecule has 1 unspecified atom stereocenters. The topological polar surface area (TPSA) is 12.0 Å². The van der Waals surface area contributed by atoms with Crippen LogP contribution in [0.3, 0.4) is 0 Å². The standard InChI is InChI=1S/C16H22ClN/c17-14-6-4-5-13(11-14)12-18-15-7-10-16(15)8-2-1-3-9-16/h4-6,11,15,18H,1-3,7-10,12H2. The van der Waals surface area contributed by atoms with Crippen molar-refractivity contribution in [3.63, 3.8) is 0 Å². The highest BCUT2D eigenvalue weighted by Crippen LogP contribution is 2.51. The molecule has 2 aliphatic rings. The van der Waals surface area contributed by atoms with Crippen LogP contribution in [0.5, 0.6) is 0 Å². The first-order chi connectivity index (χ1) is 8.78. The van der Waals surface area contributed by atoms with Gasteiger partial charge in [0.25, 0.3) is 0 Å². The summed E-state index contributed by atoms with van der Waals surface area (Å²) in [5.74, 6) is 0. The highest BCUT2D eigenvalue weighted by Gasteiger charge is 2.46. The Hall–Kier alpha value is -0.530. The highest BCUT2D eigenvalue weighted by atomic mass is 35.5. The van der Waals surface area contributed by atoms with Crippen molar-refractivity contribution in [1.82, 2.24) is 5.32 Å². The fourth-order valence-corrected chi connectivity index (χ4v) is 3.97. The van der Waals surface area contributed by atoms with Crippen LogP contribution in [0, 0.1) is 5.41 Å². The van der Waals surface area contributed by atoms with Gasteiger partial charge in [0.2, 0.25) is 0 Å². The Morgan fingerprint density at radius 2 is 2.00 bits per heavy atom. The van der Waals surface area contributed by atoms with Gasteiger partial charge in [-0.05, 0) is 48.8 Å². The van der Waals surface area contributed by atoms with E-state index in [0.29, 0.717) is 5.41 Å². The van der Waals surface area contributed by atoms with E-state index in [0.717, 1.165) is 17.6 Å². The first-order valence-electron chi connectivity index (χ1n) is 7.26. The van der Waals surface area contributed by atoms with E-state index in [2.05, 4.69) is 17.4 Å². The van der Waals surface area contributed by atoms with E-state index in [9.17, 15) is 0 Å². The molecule has 2 aliphatic carbocycles. The lowest BCUT2D eigenvalue weighted by atomic mass is 9.57. The third-order valence-electron chi connectivity index (χ3n) is 4.96. The quantitative estimate of drug-likeness (QED) is 0.844. The number of benzene rings is 1. The van der Waals surface area contributed by atoms with E-state index < -0.39 is 0 Å². The molecule has 0 saturated heterocycles. The van der Waals surface area contributed by atoms with Gasteiger partial charge in [0.15, 0.2) is 0 Å². The number of rotatable bonds is 3. The average Bonchev–Trinajstić information content (AvgIpc) is 2.39. The molecule has 98 valence electrons. The molecule has 1 atom stereocenters. The number of hydrogen-bond donors (Lipinski definition) is 1. The number of hydrogen-bond acceptors (Lipinski definition) is 1. The van der Waals surface area contributed by atoms with Crippen molar-refractivity contribution in [3.05, 3.63) is 34.9 Å². The third kappa shape index (κ3) is 2.44. The second kappa shape index (κ2) is 5.22. The maximum Gasteiger partial charge on any atom is 0.0409 e. The van der Waals surface area contributed by atoms with Gasteiger partial charge in [-0.15, -0.1) is 0 Å². The molecule has 1 aromatic rings. The van der Waals surface area contributed by atoms with Gasteiger partial charge in [-0.3, -0.25) is 0 Å². The zero-order valence-electron chi connectivity index (χ0n) is 10.9. The molecule has 0 heterocycles. The van der Waals surface area contributed by atoms with E-state index in [1.54, 1.807) is 0 Å². The van der Waals surface area contributed by atoms with Crippen LogP contribution >= 0.6 is 11.6 Å². The maximum absolute atomic E-state index is 6.02. The summed E-state index contributed by atoms with van der Waals surface area (Å²) >= 11 is 6.02. The normalized spacial score (nSPS) is 25.9. The Bertz CT molecular complexity index is 409. The minimum atomic E-state index is 0.650. The fourth-order valence-electron chi connectivity index (χ4n) is 3.76. The van der Waals surface area contributed by atoms with E-state index in [4.69, 9.17) is 11.6 Å². The van der Waals surface area contributed by atoms with Gasteiger partial charge in [0.05, 0.1) is 0 Å². The molecule has 0 bridgehead atoms. The van der Waals surface area contributed by atoms with Crippen LogP contribution in [-0.4, -0.2) is 6.04 Å². The zero-order valence-corrected chi connectivity index (χ0v) is 11.7. The first kappa shape index (κ1) is 12.5. The van der Waals surface area contributed by atoms with Gasteiger partial charge < -0.3 is 5.32 Å². The first-order valence-corrected chi connectivity index (χ1v) is 7.64. The van der Waals surface area contributed by atoms with Crippen LogP contribution in [0.15, 0.2) is 24.3 Å². The predicted molar refractivity (Wildman–Crippen MR) is 76.8 cm³/mol. The van der Waals surface area contributed by atoms with Crippen molar-refractivity contribution >= 4 is 11.6 Å². The Morgan fingerprint density at radius 3 is 2.67 bits per heavy atom. The lowest BCUT2D eigenvalue weighted by Crippen LogP contribution is -2.53. The third-order valence-corrected chi connectivity index (χ3v) is 5.20. The van der Waals surface area contributed by atoms with Crippen LogP contribution in [-0.2, 0) is 6.54 Å². The maximum atomic E-state index is 6.02. The molecule has 1 spiro atoms. The molecule has 0 aromatic heterocycles. The Morgan fingerprint density at radius 1 is 1.17 bits per heavy atom. The fraction of sp³-hybridized carbons (Fsp3) is 0.625. The molecular formula is C16H22ClN. The van der Waals surface area contributed by atoms with Gasteiger partial charge in [0, 0.05) is 17.6 Å². The summed E-state index contributed by atoms with van der Waals surface area (Å²) in [5.41, 5.74) is 1.96. The largest absolute Gasteiger partial charge is 0.309 e. The number of nitrogens with one attached hydrogen (secondary N) is 1. The van der Waals surface area contributed by atoms with Crippen LogP contribution in [0.4, 0.5) is 0 Å². The summed E-state index contributed by atoms with van der Waals surface area (Å²) in [4.78, 5) is 0. The van der Waals surface area contributed by atoms with E-state index in [1.807, 2.05) is 12.1 Å². The number of halogens is 1. The molecular weight excluding hydrogens is 242 g/mol. The van der Waals surface area contributed by atoms with Gasteiger partial charge in [-0.2, -0.15) is 0 Å². The minimum Gasteiger partial charge on any atom is -0.309 e. The van der Waals surface area contributed by atoms with Crippen molar-refractivity contribution in [1.29, 1.82) is 0 Å². The van der Waals surface area contributed by atoms with Crippen molar-refractivity contribution < 1.29 is 0 Å². The minimum absolute atomic E-state index is 0.650. The monoisotopic (exact) mass is 263 g/mol. The molecule has 3 rings (SSSR count). The van der Waals surface area contributed by atoms with Crippen LogP contribution < -0.4 is 5.32 Å². The molecule has 18 heavy (non-hydrogen) atoms. The Labute approximate surface area is 115 Å². The molecule has 2 fully saturated rings. The molecule has 1 aromatic carbocycles. The van der Waals surface area contributed by atoms with Crippen LogP contribution in [0.25, 0.3) is 0 Å². The van der Waals surface area contributed by atoms with Crippen molar-refractivity contribution in [3.8, 4) is 0 Å². The van der Waals surface area contributed by atoms with Crippen LogP contribution in [0.2, 0.25) is 5.02 Å². The molecule has 0 radical (unpaired) electrons. The molecule has 0 aliphatic heterocycles. The summed E-state index contributed by atoms with van der Waals surface area (Å²) in [6.45, 7) is 0.965. The van der Waals surface area contributed by atoms with E-state index in [1.165, 1.54) is 50.5 Å². The van der Waals surface area contributed by atoms with E-state index >= 15 is 0 Å². The van der Waals surface area contributed by atoms with E-state index in [-0.39, 0.29) is 0 Å². The SMILES string of the molecule is Clc1cccc(CNC2CCC23CCCCC3)c1. The average molecular weight is 264 g/mol. The molecule has 1 N–H and O–H groups in total. The van der Waals surface area contributed by atoms with Crippen LogP contribution in [0.1, 0.15) is 50.5 Å². The summed E-state index contributed by atoms with van der Waals surface area (Å²) in [6.07, 6.45) is 10.0. The summed E-state index contributed by atoms with van der Waals surface area (Å²) < 4.78 is 0. The molecule has 1 nitrogen and oxygen atoms in total. The van der Waals surface area contributed by atoms with Gasteiger partial charge in [-0.1, -0.05) is 43.0 Å². The molecule has 2 saturated carbocycles. The summed E-state index contributed by atoms with van der Waals surface area (Å²) in [6, 6.07) is 8.95. The lowest BCUT2D eigenvalue weighted by molar-refractivity contribution is 0.0221. The van der Waals surface area contributed by atoms with Gasteiger partial charge >= 0.3 is 0 Å². The smallest absolute Gasteiger partial charge is 0.0409 e. The second-order valence-corrected chi connectivity index (χ2v) is 6.46. The van der Waals surface area contributed by atoms with Crippen molar-refractivity contribution in [2.24, 2.45) is 5.41 Å². The zero-order chi connectivity index (χ0) is 12.4. The highest BCUT2D eigenvalue weighted by molar-refractivity contribution is 6.30. The summed E-state index contributed by atoms with van der Waals surface area (Å²) in [5, 5.41) is 4.61. The Balaban J connectivity index is 1.57. The Kier molecular flexibility index (Phi) is 3.63. The lowest BCUT2D eigenvalue weighted by Gasteiger charge is -2.52. The van der Waals surface area contributed by atoms with Crippen molar-refractivity contribution in [2.45, 2.75) is 57.5 Å². The van der Waals surface area contributed by atoms with Crippen molar-refractivity contribution in [2.75, 3.05) is 0 Å². The van der Waals surface area contributed by atoms with Gasteiger partial charge in [0.1, 0.15) is 0 Å².